The second kappa shape index (κ2) is 10.3. The van der Waals surface area contributed by atoms with E-state index in [9.17, 15) is 4.79 Å². The van der Waals surface area contributed by atoms with Crippen molar-refractivity contribution in [2.24, 2.45) is 17.1 Å². The van der Waals surface area contributed by atoms with E-state index >= 15 is 0 Å². The van der Waals surface area contributed by atoms with E-state index in [0.29, 0.717) is 18.9 Å². The van der Waals surface area contributed by atoms with Crippen molar-refractivity contribution in [3.8, 4) is 0 Å². The van der Waals surface area contributed by atoms with E-state index in [1.807, 2.05) is 20.8 Å². The minimum Gasteiger partial charge on any atom is -0.378 e. The summed E-state index contributed by atoms with van der Waals surface area (Å²) in [6, 6.07) is 0. The third-order valence-electron chi connectivity index (χ3n) is 6.03. The second-order valence-corrected chi connectivity index (χ2v) is 7.84. The van der Waals surface area contributed by atoms with Crippen molar-refractivity contribution < 1.29 is 9.53 Å². The molecule has 3 N–H and O–H groups in total. The van der Waals surface area contributed by atoms with E-state index < -0.39 is 5.54 Å². The Balaban J connectivity index is 0.00000288. The summed E-state index contributed by atoms with van der Waals surface area (Å²) in [6.45, 7) is 13.2. The van der Waals surface area contributed by atoms with Gasteiger partial charge in [-0.15, -0.1) is 24.8 Å². The fraction of sp³-hybridized carbons (Fsp3) is 0.944. The third kappa shape index (κ3) is 5.23. The summed E-state index contributed by atoms with van der Waals surface area (Å²) in [5.74, 6) is 0.580. The molecule has 2 atom stereocenters. The molecule has 1 saturated carbocycles. The van der Waals surface area contributed by atoms with Gasteiger partial charge in [-0.3, -0.25) is 4.79 Å². The van der Waals surface area contributed by atoms with Crippen LogP contribution in [-0.2, 0) is 9.53 Å². The lowest BCUT2D eigenvalue weighted by Crippen LogP contribution is -2.75. The van der Waals surface area contributed by atoms with Gasteiger partial charge in [-0.2, -0.15) is 0 Å². The van der Waals surface area contributed by atoms with Crippen molar-refractivity contribution in [3.63, 3.8) is 0 Å². The van der Waals surface area contributed by atoms with Crippen LogP contribution in [0.2, 0.25) is 0 Å². The van der Waals surface area contributed by atoms with Crippen LogP contribution in [0.4, 0.5) is 0 Å². The topological polar surface area (TPSA) is 67.6 Å². The van der Waals surface area contributed by atoms with E-state index in [1.54, 1.807) is 0 Å². The Morgan fingerprint density at radius 3 is 2.32 bits per heavy atom. The van der Waals surface area contributed by atoms with E-state index in [2.05, 4.69) is 17.1 Å². The monoisotopic (exact) mass is 397 g/mol. The van der Waals surface area contributed by atoms with Crippen molar-refractivity contribution in [1.29, 1.82) is 0 Å². The lowest BCUT2D eigenvalue weighted by atomic mass is 9.54. The minimum atomic E-state index is -0.796. The summed E-state index contributed by atoms with van der Waals surface area (Å²) in [5, 5.41) is 3.12. The maximum absolute atomic E-state index is 12.6. The average molecular weight is 398 g/mol. The van der Waals surface area contributed by atoms with Crippen molar-refractivity contribution in [2.75, 3.05) is 32.8 Å². The Morgan fingerprint density at radius 1 is 1.24 bits per heavy atom. The Bertz CT molecular complexity index is 415. The molecule has 150 valence electrons. The van der Waals surface area contributed by atoms with Gasteiger partial charge in [0.1, 0.15) is 5.54 Å². The minimum absolute atomic E-state index is 0. The summed E-state index contributed by atoms with van der Waals surface area (Å²) < 4.78 is 5.70. The van der Waals surface area contributed by atoms with Crippen LogP contribution >= 0.6 is 24.8 Å². The van der Waals surface area contributed by atoms with E-state index in [4.69, 9.17) is 10.5 Å². The second-order valence-electron chi connectivity index (χ2n) is 7.84. The molecule has 1 amide bonds. The first-order valence-electron chi connectivity index (χ1n) is 9.26. The quantitative estimate of drug-likeness (QED) is 0.692. The Kier molecular flexibility index (Phi) is 10.3. The molecule has 0 bridgehead atoms. The predicted molar refractivity (Wildman–Crippen MR) is 108 cm³/mol. The highest BCUT2D eigenvalue weighted by Crippen LogP contribution is 2.49. The standard InChI is InChI=1S/C18H35N3O2.2ClH/c1-5-9-21-10-7-14(8-11-21)13-20-16(22)18(19)12-15(23-6-2)17(18,3)4;;/h14-15H,5-13,19H2,1-4H3,(H,20,22);2*1H. The molecule has 0 spiro atoms. The van der Waals surface area contributed by atoms with Gasteiger partial charge in [0.2, 0.25) is 5.91 Å². The lowest BCUT2D eigenvalue weighted by molar-refractivity contribution is -0.170. The number of nitrogens with two attached hydrogens (primary N) is 1. The maximum Gasteiger partial charge on any atom is 0.240 e. The number of likely N-dealkylation sites (tertiary alicyclic amines) is 1. The van der Waals surface area contributed by atoms with Gasteiger partial charge in [0, 0.05) is 25.0 Å². The fourth-order valence-corrected chi connectivity index (χ4v) is 3.95. The zero-order chi connectivity index (χ0) is 17.1. The van der Waals surface area contributed by atoms with Gasteiger partial charge in [0.15, 0.2) is 0 Å². The molecule has 2 rings (SSSR count). The van der Waals surface area contributed by atoms with Gasteiger partial charge in [0.05, 0.1) is 6.10 Å². The number of nitrogens with zero attached hydrogens (tertiary/aromatic N) is 1. The number of nitrogens with one attached hydrogen (secondary N) is 1. The number of rotatable bonds is 7. The van der Waals surface area contributed by atoms with Gasteiger partial charge in [-0.05, 0) is 51.7 Å². The molecule has 0 aromatic carbocycles. The summed E-state index contributed by atoms with van der Waals surface area (Å²) >= 11 is 0. The molecule has 7 heteroatoms. The molecule has 1 aliphatic carbocycles. The number of amides is 1. The van der Waals surface area contributed by atoms with Crippen LogP contribution < -0.4 is 11.1 Å². The smallest absolute Gasteiger partial charge is 0.240 e. The zero-order valence-corrected chi connectivity index (χ0v) is 17.8. The van der Waals surface area contributed by atoms with Crippen LogP contribution in [0.15, 0.2) is 0 Å². The lowest BCUT2D eigenvalue weighted by Gasteiger charge is -2.57. The van der Waals surface area contributed by atoms with Crippen molar-refractivity contribution >= 4 is 30.7 Å². The normalized spacial score (nSPS) is 29.1. The Labute approximate surface area is 165 Å². The Hall–Kier alpha value is -0.0700. The predicted octanol–water partition coefficient (Wildman–Crippen LogP) is 2.60. The third-order valence-corrected chi connectivity index (χ3v) is 6.03. The van der Waals surface area contributed by atoms with E-state index in [0.717, 1.165) is 19.6 Å². The summed E-state index contributed by atoms with van der Waals surface area (Å²) in [4.78, 5) is 15.1. The highest BCUT2D eigenvalue weighted by Gasteiger charge is 2.62. The summed E-state index contributed by atoms with van der Waals surface area (Å²) in [6.07, 6.45) is 4.26. The maximum atomic E-state index is 12.6. The molecule has 25 heavy (non-hydrogen) atoms. The van der Waals surface area contributed by atoms with Crippen molar-refractivity contribution in [2.45, 2.75) is 65.0 Å². The highest BCUT2D eigenvalue weighted by molar-refractivity contribution is 5.88. The first kappa shape index (κ1) is 24.9. The number of carbonyl (C=O) groups excluding carboxylic acids is 1. The average Bonchev–Trinajstić information content (AvgIpc) is 2.53. The van der Waals surface area contributed by atoms with Crippen LogP contribution in [-0.4, -0.2) is 55.2 Å². The number of hydrogen-bond donors (Lipinski definition) is 2. The summed E-state index contributed by atoms with van der Waals surface area (Å²) in [7, 11) is 0. The molecular formula is C18H37Cl2N3O2. The van der Waals surface area contributed by atoms with Crippen LogP contribution in [0.5, 0.6) is 0 Å². The summed E-state index contributed by atoms with van der Waals surface area (Å²) in [5.41, 5.74) is 5.32. The van der Waals surface area contributed by atoms with Crippen LogP contribution in [0.3, 0.4) is 0 Å². The molecule has 2 unspecified atom stereocenters. The molecule has 1 heterocycles. The zero-order valence-electron chi connectivity index (χ0n) is 16.2. The number of ether oxygens (including phenoxy) is 1. The molecule has 0 radical (unpaired) electrons. The fourth-order valence-electron chi connectivity index (χ4n) is 3.95. The van der Waals surface area contributed by atoms with Crippen LogP contribution in [0, 0.1) is 11.3 Å². The SMILES string of the molecule is CCCN1CCC(CNC(=O)C2(N)CC(OCC)C2(C)C)CC1.Cl.Cl. The highest BCUT2D eigenvalue weighted by atomic mass is 35.5. The first-order chi connectivity index (χ1) is 10.8. The van der Waals surface area contributed by atoms with Gasteiger partial charge >= 0.3 is 0 Å². The molecule has 1 saturated heterocycles. The molecule has 1 aliphatic heterocycles. The van der Waals surface area contributed by atoms with E-state index in [1.165, 1.54) is 25.8 Å². The molecular weight excluding hydrogens is 361 g/mol. The van der Waals surface area contributed by atoms with Gasteiger partial charge < -0.3 is 20.7 Å². The largest absolute Gasteiger partial charge is 0.378 e. The van der Waals surface area contributed by atoms with Crippen LogP contribution in [0.1, 0.15) is 53.4 Å². The number of carbonyl (C=O) groups is 1. The number of piperidine rings is 1. The molecule has 2 aliphatic rings. The van der Waals surface area contributed by atoms with Gasteiger partial charge in [-0.1, -0.05) is 20.8 Å². The molecule has 0 aromatic rings. The van der Waals surface area contributed by atoms with Crippen LogP contribution in [0.25, 0.3) is 0 Å². The first-order valence-corrected chi connectivity index (χ1v) is 9.26. The number of hydrogen-bond acceptors (Lipinski definition) is 4. The van der Waals surface area contributed by atoms with Crippen molar-refractivity contribution in [1.82, 2.24) is 10.2 Å². The molecule has 0 aromatic heterocycles. The molecule has 2 fully saturated rings. The molecule has 5 nitrogen and oxygen atoms in total. The number of halogens is 2. The van der Waals surface area contributed by atoms with Gasteiger partial charge in [0.25, 0.3) is 0 Å². The van der Waals surface area contributed by atoms with Gasteiger partial charge in [-0.25, -0.2) is 0 Å². The van der Waals surface area contributed by atoms with Crippen molar-refractivity contribution in [3.05, 3.63) is 0 Å². The Morgan fingerprint density at radius 2 is 1.84 bits per heavy atom. The van der Waals surface area contributed by atoms with E-state index in [-0.39, 0.29) is 42.2 Å².